The first-order valence-electron chi connectivity index (χ1n) is 11.0. The van der Waals surface area contributed by atoms with Crippen LogP contribution in [0, 0.1) is 0 Å². The lowest BCUT2D eigenvalue weighted by Gasteiger charge is -2.30. The molecule has 1 atom stereocenters. The Morgan fingerprint density at radius 2 is 1.63 bits per heavy atom. The third kappa shape index (κ3) is 10.1. The third-order valence-electron chi connectivity index (χ3n) is 4.38. The number of carbonyl (C=O) groups excluding carboxylic acids is 2. The van der Waals surface area contributed by atoms with Crippen molar-refractivity contribution in [1.82, 2.24) is 10.3 Å². The molecule has 0 aliphatic rings. The Balaban J connectivity index is 2.34. The molecule has 7 nitrogen and oxygen atoms in total. The van der Waals surface area contributed by atoms with Crippen LogP contribution < -0.4 is 10.2 Å². The Morgan fingerprint density at radius 3 is 2.09 bits per heavy atom. The molecular weight excluding hydrogens is 544 g/mol. The van der Waals surface area contributed by atoms with Crippen molar-refractivity contribution in [3.8, 4) is 0 Å². The van der Waals surface area contributed by atoms with Crippen molar-refractivity contribution in [3.63, 3.8) is 0 Å². The molecule has 11 heteroatoms. The number of thiazole rings is 1. The summed E-state index contributed by atoms with van der Waals surface area (Å²) in [5, 5.41) is 3.18. The normalized spacial score (nSPS) is 13.2. The Hall–Kier alpha value is -2.27. The highest BCUT2D eigenvalue weighted by Crippen LogP contribution is 2.29. The third-order valence-corrected chi connectivity index (χ3v) is 5.88. The highest BCUT2D eigenvalue weighted by atomic mass is 79.9. The van der Waals surface area contributed by atoms with Gasteiger partial charge >= 0.3 is 12.2 Å². The molecule has 0 saturated heterocycles. The summed E-state index contributed by atoms with van der Waals surface area (Å²) in [5.41, 5.74) is -0.892. The number of alkyl halides is 2. The van der Waals surface area contributed by atoms with Crippen LogP contribution in [0.1, 0.15) is 59.6 Å². The lowest BCUT2D eigenvalue weighted by molar-refractivity contribution is 0.0174. The largest absolute Gasteiger partial charge is 0.444 e. The number of aromatic nitrogens is 1. The fraction of sp³-hybridized carbons (Fsp3) is 0.542. The van der Waals surface area contributed by atoms with Crippen molar-refractivity contribution < 1.29 is 27.8 Å². The van der Waals surface area contributed by atoms with E-state index >= 15 is 0 Å². The quantitative estimate of drug-likeness (QED) is 0.388. The Labute approximate surface area is 217 Å². The van der Waals surface area contributed by atoms with Crippen molar-refractivity contribution in [2.75, 3.05) is 11.4 Å². The molecule has 0 bridgehead atoms. The van der Waals surface area contributed by atoms with E-state index in [1.165, 1.54) is 28.4 Å². The van der Waals surface area contributed by atoms with Crippen LogP contribution in [-0.2, 0) is 21.8 Å². The van der Waals surface area contributed by atoms with Crippen molar-refractivity contribution in [3.05, 3.63) is 45.4 Å². The van der Waals surface area contributed by atoms with Crippen LogP contribution in [0.3, 0.4) is 0 Å². The number of nitrogens with zero attached hydrogens (tertiary/aromatic N) is 2. The summed E-state index contributed by atoms with van der Waals surface area (Å²) in [7, 11) is 0. The number of hydrogen-bond donors (Lipinski definition) is 1. The molecule has 0 aliphatic carbocycles. The van der Waals surface area contributed by atoms with Crippen LogP contribution in [0.4, 0.5) is 23.5 Å². The van der Waals surface area contributed by atoms with Crippen molar-refractivity contribution in [2.24, 2.45) is 0 Å². The molecule has 1 aromatic carbocycles. The lowest BCUT2D eigenvalue weighted by Crippen LogP contribution is -2.49. The number of ether oxygens (including phenoxy) is 2. The standard InChI is InChI=1S/C24H32BrF2N3O4S/c1-22(2,3)33-20(31)29-17(12-15-8-10-16(11-9-15)24(7,26)27)14-30(19-28-13-18(25)35-19)21(32)34-23(4,5)6/h8-11,13,17H,12,14H2,1-7H3,(H,29,31)/t17-/m1/s1. The van der Waals surface area contributed by atoms with Gasteiger partial charge in [0, 0.05) is 12.5 Å². The maximum atomic E-state index is 13.6. The van der Waals surface area contributed by atoms with E-state index in [1.807, 2.05) is 0 Å². The zero-order chi connectivity index (χ0) is 26.6. The molecule has 1 aromatic heterocycles. The Kier molecular flexibility index (Phi) is 9.27. The number of anilines is 1. The molecule has 2 amide bonds. The molecule has 0 aliphatic heterocycles. The van der Waals surface area contributed by atoms with E-state index in [-0.39, 0.29) is 18.5 Å². The second kappa shape index (κ2) is 11.2. The first-order chi connectivity index (χ1) is 15.9. The molecule has 1 N–H and O–H groups in total. The fourth-order valence-electron chi connectivity index (χ4n) is 2.99. The molecule has 0 fully saturated rings. The first-order valence-corrected chi connectivity index (χ1v) is 12.6. The number of rotatable bonds is 7. The van der Waals surface area contributed by atoms with E-state index in [4.69, 9.17) is 9.47 Å². The number of alkyl carbamates (subject to hydrolysis) is 1. The van der Waals surface area contributed by atoms with Gasteiger partial charge in [0.1, 0.15) is 11.2 Å². The number of amides is 2. The summed E-state index contributed by atoms with van der Waals surface area (Å²) in [4.78, 5) is 31.3. The minimum Gasteiger partial charge on any atom is -0.444 e. The maximum absolute atomic E-state index is 13.6. The summed E-state index contributed by atoms with van der Waals surface area (Å²) in [6, 6.07) is 5.23. The number of benzene rings is 1. The van der Waals surface area contributed by atoms with E-state index in [9.17, 15) is 18.4 Å². The van der Waals surface area contributed by atoms with Crippen LogP contribution in [0.5, 0.6) is 0 Å². The van der Waals surface area contributed by atoms with Gasteiger partial charge in [-0.1, -0.05) is 35.6 Å². The molecule has 0 spiro atoms. The van der Waals surface area contributed by atoms with E-state index < -0.39 is 35.4 Å². The van der Waals surface area contributed by atoms with Gasteiger partial charge in [0.15, 0.2) is 5.13 Å². The van der Waals surface area contributed by atoms with Gasteiger partial charge in [-0.2, -0.15) is 0 Å². The Morgan fingerprint density at radius 1 is 1.06 bits per heavy atom. The first kappa shape index (κ1) is 29.0. The van der Waals surface area contributed by atoms with Crippen LogP contribution in [0.2, 0.25) is 0 Å². The number of hydrogen-bond acceptors (Lipinski definition) is 6. The smallest absolute Gasteiger partial charge is 0.416 e. The van der Waals surface area contributed by atoms with E-state index in [0.717, 1.165) is 6.92 Å². The highest BCUT2D eigenvalue weighted by molar-refractivity contribution is 9.11. The van der Waals surface area contributed by atoms with Gasteiger partial charge in [0.2, 0.25) is 0 Å². The average Bonchev–Trinajstić information content (AvgIpc) is 3.08. The van der Waals surface area contributed by atoms with Gasteiger partial charge in [-0.05, 0) is 69.5 Å². The van der Waals surface area contributed by atoms with Crippen LogP contribution in [-0.4, -0.2) is 41.0 Å². The summed E-state index contributed by atoms with van der Waals surface area (Å²) >= 11 is 4.59. The minimum atomic E-state index is -2.96. The average molecular weight is 577 g/mol. The molecule has 194 valence electrons. The summed E-state index contributed by atoms with van der Waals surface area (Å²) in [5.74, 6) is -2.96. The summed E-state index contributed by atoms with van der Waals surface area (Å²) in [6.07, 6.45) is 0.526. The molecule has 0 radical (unpaired) electrons. The zero-order valence-electron chi connectivity index (χ0n) is 20.9. The predicted molar refractivity (Wildman–Crippen MR) is 136 cm³/mol. The van der Waals surface area contributed by atoms with Gasteiger partial charge in [0.05, 0.1) is 22.6 Å². The van der Waals surface area contributed by atoms with Gasteiger partial charge in [0.25, 0.3) is 5.92 Å². The molecule has 2 rings (SSSR count). The van der Waals surface area contributed by atoms with Gasteiger partial charge in [-0.3, -0.25) is 4.90 Å². The van der Waals surface area contributed by atoms with Crippen LogP contribution in [0.15, 0.2) is 34.2 Å². The SMILES string of the molecule is CC(C)(C)OC(=O)N[C@H](Cc1ccc(C(C)(F)F)cc1)CN(C(=O)OC(C)(C)C)c1ncc(Br)s1. The predicted octanol–water partition coefficient (Wildman–Crippen LogP) is 6.89. The minimum absolute atomic E-state index is 0.0137. The van der Waals surface area contributed by atoms with Crippen molar-refractivity contribution >= 4 is 44.6 Å². The summed E-state index contributed by atoms with van der Waals surface area (Å²) in [6.45, 7) is 11.3. The van der Waals surface area contributed by atoms with Crippen molar-refractivity contribution in [2.45, 2.75) is 78.1 Å². The number of halogens is 3. The Bertz CT molecular complexity index is 1010. The topological polar surface area (TPSA) is 80.8 Å². The molecule has 1 heterocycles. The van der Waals surface area contributed by atoms with Crippen molar-refractivity contribution in [1.29, 1.82) is 0 Å². The van der Waals surface area contributed by atoms with E-state index in [0.29, 0.717) is 14.5 Å². The molecule has 2 aromatic rings. The maximum Gasteiger partial charge on any atom is 0.416 e. The lowest BCUT2D eigenvalue weighted by atomic mass is 10.0. The van der Waals surface area contributed by atoms with Crippen LogP contribution >= 0.6 is 27.3 Å². The van der Waals surface area contributed by atoms with E-state index in [1.54, 1.807) is 59.9 Å². The molecule has 0 saturated carbocycles. The number of nitrogens with one attached hydrogen (secondary N) is 1. The number of carbonyl (C=O) groups is 2. The molecular formula is C24H32BrF2N3O4S. The molecule has 35 heavy (non-hydrogen) atoms. The second-order valence-electron chi connectivity index (χ2n) is 10.2. The monoisotopic (exact) mass is 575 g/mol. The van der Waals surface area contributed by atoms with Crippen LogP contribution in [0.25, 0.3) is 0 Å². The highest BCUT2D eigenvalue weighted by Gasteiger charge is 2.30. The van der Waals surface area contributed by atoms with Gasteiger partial charge < -0.3 is 14.8 Å². The van der Waals surface area contributed by atoms with Gasteiger partial charge in [-0.25, -0.2) is 23.4 Å². The van der Waals surface area contributed by atoms with Gasteiger partial charge in [-0.15, -0.1) is 0 Å². The second-order valence-corrected chi connectivity index (χ2v) is 12.6. The van der Waals surface area contributed by atoms with E-state index in [2.05, 4.69) is 26.2 Å². The fourth-order valence-corrected chi connectivity index (χ4v) is 4.17. The molecule has 0 unspecified atom stereocenters. The zero-order valence-corrected chi connectivity index (χ0v) is 23.4. The summed E-state index contributed by atoms with van der Waals surface area (Å²) < 4.78 is 38.9.